The fourth-order valence-electron chi connectivity index (χ4n) is 1.54. The van der Waals surface area contributed by atoms with E-state index in [0.717, 1.165) is 0 Å². The summed E-state index contributed by atoms with van der Waals surface area (Å²) in [5.74, 6) is -0.206. The van der Waals surface area contributed by atoms with Crippen LogP contribution in [0.4, 0.5) is 5.69 Å². The molecule has 1 aromatic carbocycles. The Bertz CT molecular complexity index is 525. The predicted molar refractivity (Wildman–Crippen MR) is 72.4 cm³/mol. The Labute approximate surface area is 113 Å². The van der Waals surface area contributed by atoms with Crippen molar-refractivity contribution in [2.24, 2.45) is 0 Å². The number of sulfonamides is 1. The summed E-state index contributed by atoms with van der Waals surface area (Å²) in [5.41, 5.74) is 0.552. The van der Waals surface area contributed by atoms with Gasteiger partial charge >= 0.3 is 0 Å². The number of methoxy groups -OCH3 is 1. The lowest BCUT2D eigenvalue weighted by molar-refractivity contribution is -0.114. The summed E-state index contributed by atoms with van der Waals surface area (Å²) >= 11 is 0. The molecule has 0 aromatic heterocycles. The van der Waals surface area contributed by atoms with Crippen molar-refractivity contribution in [3.63, 3.8) is 0 Å². The highest BCUT2D eigenvalue weighted by atomic mass is 32.2. The van der Waals surface area contributed by atoms with Crippen LogP contribution < -0.4 is 10.0 Å². The van der Waals surface area contributed by atoms with Crippen molar-refractivity contribution in [2.45, 2.75) is 24.8 Å². The van der Waals surface area contributed by atoms with Crippen LogP contribution in [-0.2, 0) is 19.6 Å². The molecule has 0 fully saturated rings. The minimum absolute atomic E-state index is 0.143. The first kappa shape index (κ1) is 15.6. The zero-order chi connectivity index (χ0) is 14.5. The van der Waals surface area contributed by atoms with Gasteiger partial charge in [-0.05, 0) is 31.2 Å². The van der Waals surface area contributed by atoms with Gasteiger partial charge in [-0.1, -0.05) is 0 Å². The number of nitrogens with one attached hydrogen (secondary N) is 2. The highest BCUT2D eigenvalue weighted by molar-refractivity contribution is 7.89. The van der Waals surface area contributed by atoms with Gasteiger partial charge in [-0.3, -0.25) is 4.79 Å². The predicted octanol–water partition coefficient (Wildman–Crippen LogP) is 0.958. The number of hydrogen-bond acceptors (Lipinski definition) is 4. The van der Waals surface area contributed by atoms with Crippen molar-refractivity contribution in [3.05, 3.63) is 24.3 Å². The van der Waals surface area contributed by atoms with Crippen LogP contribution in [0.2, 0.25) is 0 Å². The van der Waals surface area contributed by atoms with Gasteiger partial charge in [0.05, 0.1) is 11.5 Å². The first-order valence-corrected chi connectivity index (χ1v) is 7.22. The molecule has 1 aromatic rings. The Balaban J connectivity index is 2.81. The fourth-order valence-corrected chi connectivity index (χ4v) is 2.77. The lowest BCUT2D eigenvalue weighted by Gasteiger charge is -2.13. The summed E-state index contributed by atoms with van der Waals surface area (Å²) in [6.07, 6.45) is 0. The second-order valence-corrected chi connectivity index (χ2v) is 5.90. The van der Waals surface area contributed by atoms with Gasteiger partial charge in [0.1, 0.15) is 0 Å². The first-order valence-electron chi connectivity index (χ1n) is 5.74. The quantitative estimate of drug-likeness (QED) is 0.815. The molecule has 0 aliphatic heterocycles. The number of hydrogen-bond donors (Lipinski definition) is 2. The third-order valence-electron chi connectivity index (χ3n) is 2.26. The number of carbonyl (C=O) groups excluding carboxylic acids is 1. The summed E-state index contributed by atoms with van der Waals surface area (Å²) in [7, 11) is -2.06. The molecule has 1 unspecified atom stereocenters. The molecule has 19 heavy (non-hydrogen) atoms. The molecule has 0 radical (unpaired) electrons. The monoisotopic (exact) mass is 286 g/mol. The van der Waals surface area contributed by atoms with E-state index in [1.54, 1.807) is 6.92 Å². The van der Waals surface area contributed by atoms with Gasteiger partial charge < -0.3 is 10.1 Å². The molecule has 6 nitrogen and oxygen atoms in total. The van der Waals surface area contributed by atoms with E-state index in [9.17, 15) is 13.2 Å². The second kappa shape index (κ2) is 6.65. The fraction of sp³-hybridized carbons (Fsp3) is 0.417. The lowest BCUT2D eigenvalue weighted by atomic mass is 10.3. The van der Waals surface area contributed by atoms with Crippen LogP contribution in [0.15, 0.2) is 29.2 Å². The standard InChI is InChI=1S/C12H18N2O4S/c1-9(8-18-3)14-19(16,17)12-6-4-11(5-7-12)13-10(2)15/h4-7,9,14H,8H2,1-3H3,(H,13,15). The van der Waals surface area contributed by atoms with E-state index < -0.39 is 10.0 Å². The number of carbonyl (C=O) groups is 1. The van der Waals surface area contributed by atoms with Crippen molar-refractivity contribution in [3.8, 4) is 0 Å². The number of ether oxygens (including phenoxy) is 1. The zero-order valence-electron chi connectivity index (χ0n) is 11.1. The zero-order valence-corrected chi connectivity index (χ0v) is 12.0. The van der Waals surface area contributed by atoms with E-state index in [-0.39, 0.29) is 16.8 Å². The summed E-state index contributed by atoms with van der Waals surface area (Å²) in [4.78, 5) is 11.0. The van der Waals surface area contributed by atoms with Crippen LogP contribution in [0.1, 0.15) is 13.8 Å². The molecule has 1 amide bonds. The first-order chi connectivity index (χ1) is 8.85. The molecule has 1 rings (SSSR count). The smallest absolute Gasteiger partial charge is 0.240 e. The molecule has 0 saturated heterocycles. The van der Waals surface area contributed by atoms with Gasteiger partial charge in [0, 0.05) is 25.8 Å². The number of benzene rings is 1. The molecule has 7 heteroatoms. The average molecular weight is 286 g/mol. The molecular formula is C12H18N2O4S. The third kappa shape index (κ3) is 4.98. The molecule has 106 valence electrons. The number of amides is 1. The van der Waals surface area contributed by atoms with Gasteiger partial charge in [0.15, 0.2) is 0 Å². The molecule has 0 aliphatic rings. The van der Waals surface area contributed by atoms with E-state index in [0.29, 0.717) is 12.3 Å². The maximum absolute atomic E-state index is 12.0. The maximum Gasteiger partial charge on any atom is 0.240 e. The van der Waals surface area contributed by atoms with Crippen LogP contribution in [0.3, 0.4) is 0 Å². The van der Waals surface area contributed by atoms with Gasteiger partial charge in [-0.25, -0.2) is 13.1 Å². The molecule has 1 atom stereocenters. The molecule has 0 saturated carbocycles. The maximum atomic E-state index is 12.0. The van der Waals surface area contributed by atoms with Crippen molar-refractivity contribution < 1.29 is 17.9 Å². The minimum atomic E-state index is -3.57. The Morgan fingerprint density at radius 3 is 2.37 bits per heavy atom. The van der Waals surface area contributed by atoms with Crippen molar-refractivity contribution in [1.82, 2.24) is 4.72 Å². The van der Waals surface area contributed by atoms with Crippen molar-refractivity contribution >= 4 is 21.6 Å². The van der Waals surface area contributed by atoms with Crippen LogP contribution in [0, 0.1) is 0 Å². The van der Waals surface area contributed by atoms with Crippen LogP contribution in [0.25, 0.3) is 0 Å². The molecule has 0 aliphatic carbocycles. The third-order valence-corrected chi connectivity index (χ3v) is 3.86. The molecule has 2 N–H and O–H groups in total. The summed E-state index contributed by atoms with van der Waals surface area (Å²) < 4.78 is 31.4. The minimum Gasteiger partial charge on any atom is -0.383 e. The number of anilines is 1. The van der Waals surface area contributed by atoms with Gasteiger partial charge in [0.2, 0.25) is 15.9 Å². The van der Waals surface area contributed by atoms with E-state index >= 15 is 0 Å². The molecular weight excluding hydrogens is 268 g/mol. The SMILES string of the molecule is COCC(C)NS(=O)(=O)c1ccc(NC(C)=O)cc1. The van der Waals surface area contributed by atoms with Crippen LogP contribution in [0.5, 0.6) is 0 Å². The largest absolute Gasteiger partial charge is 0.383 e. The van der Waals surface area contributed by atoms with E-state index in [2.05, 4.69) is 10.0 Å². The van der Waals surface area contributed by atoms with Gasteiger partial charge in [0.25, 0.3) is 0 Å². The molecule has 0 bridgehead atoms. The van der Waals surface area contributed by atoms with Crippen LogP contribution >= 0.6 is 0 Å². The Kier molecular flexibility index (Phi) is 5.46. The Morgan fingerprint density at radius 1 is 1.32 bits per heavy atom. The Morgan fingerprint density at radius 2 is 1.89 bits per heavy atom. The highest BCUT2D eigenvalue weighted by Crippen LogP contribution is 2.14. The molecule has 0 heterocycles. The highest BCUT2D eigenvalue weighted by Gasteiger charge is 2.17. The summed E-state index contributed by atoms with van der Waals surface area (Å²) in [6.45, 7) is 3.40. The van der Waals surface area contributed by atoms with Gasteiger partial charge in [-0.15, -0.1) is 0 Å². The van der Waals surface area contributed by atoms with Gasteiger partial charge in [-0.2, -0.15) is 0 Å². The second-order valence-electron chi connectivity index (χ2n) is 4.18. The van der Waals surface area contributed by atoms with E-state index in [1.807, 2.05) is 0 Å². The summed E-state index contributed by atoms with van der Waals surface area (Å²) in [6, 6.07) is 5.64. The van der Waals surface area contributed by atoms with E-state index in [4.69, 9.17) is 4.74 Å². The summed E-state index contributed by atoms with van der Waals surface area (Å²) in [5, 5.41) is 2.57. The number of rotatable bonds is 6. The van der Waals surface area contributed by atoms with Crippen molar-refractivity contribution in [2.75, 3.05) is 19.0 Å². The average Bonchev–Trinajstić information content (AvgIpc) is 2.28. The molecule has 0 spiro atoms. The lowest BCUT2D eigenvalue weighted by Crippen LogP contribution is -2.35. The normalized spacial score (nSPS) is 13.0. The Hall–Kier alpha value is -1.44. The van der Waals surface area contributed by atoms with Crippen LogP contribution in [-0.4, -0.2) is 34.1 Å². The van der Waals surface area contributed by atoms with E-state index in [1.165, 1.54) is 38.3 Å². The van der Waals surface area contributed by atoms with Crippen molar-refractivity contribution in [1.29, 1.82) is 0 Å². The topological polar surface area (TPSA) is 84.5 Å².